The van der Waals surface area contributed by atoms with Gasteiger partial charge >= 0.3 is 0 Å². The Labute approximate surface area is 188 Å². The first kappa shape index (κ1) is 21.6. The van der Waals surface area contributed by atoms with E-state index in [1.165, 1.54) is 5.56 Å². The zero-order valence-corrected chi connectivity index (χ0v) is 18.9. The first-order chi connectivity index (χ1) is 15.4. The lowest BCUT2D eigenvalue weighted by molar-refractivity contribution is 0.0975. The van der Waals surface area contributed by atoms with Crippen molar-refractivity contribution in [3.63, 3.8) is 0 Å². The van der Waals surface area contributed by atoms with Crippen molar-refractivity contribution >= 4 is 5.78 Å². The van der Waals surface area contributed by atoms with Gasteiger partial charge in [-0.05, 0) is 36.2 Å². The average Bonchev–Trinajstić information content (AvgIpc) is 3.30. The summed E-state index contributed by atoms with van der Waals surface area (Å²) in [5.74, 6) is 1.10. The highest BCUT2D eigenvalue weighted by Crippen LogP contribution is 2.28. The van der Waals surface area contributed by atoms with Crippen LogP contribution in [-0.4, -0.2) is 30.5 Å². The van der Waals surface area contributed by atoms with E-state index in [1.54, 1.807) is 24.9 Å². The Morgan fingerprint density at radius 3 is 2.44 bits per heavy atom. The van der Waals surface area contributed by atoms with Crippen molar-refractivity contribution < 1.29 is 4.79 Å². The minimum atomic E-state index is -0.0275. The van der Waals surface area contributed by atoms with Crippen LogP contribution in [0.1, 0.15) is 66.5 Å². The highest BCUT2D eigenvalue weighted by Gasteiger charge is 2.18. The largest absolute Gasteiger partial charge is 0.294 e. The summed E-state index contributed by atoms with van der Waals surface area (Å²) in [5, 5.41) is 4.44. The molecule has 0 N–H and O–H groups in total. The standard InChI is InChI=1S/C26H27N5O/c1-17(2)26-29-16-30-31(26)23-13-21(20-7-5-18(3)6-8-20)12-22(14-23)25(32)11-19(4)24-15-27-9-10-28-24/h5-10,12-17,19H,11H2,1-4H3. The highest BCUT2D eigenvalue weighted by atomic mass is 16.1. The Kier molecular flexibility index (Phi) is 6.21. The van der Waals surface area contributed by atoms with Gasteiger partial charge in [0.2, 0.25) is 0 Å². The molecule has 1 atom stereocenters. The van der Waals surface area contributed by atoms with Crippen LogP contribution in [0.2, 0.25) is 0 Å². The Morgan fingerprint density at radius 1 is 0.969 bits per heavy atom. The third-order valence-electron chi connectivity index (χ3n) is 5.54. The van der Waals surface area contributed by atoms with Gasteiger partial charge in [-0.15, -0.1) is 0 Å². The van der Waals surface area contributed by atoms with E-state index in [0.29, 0.717) is 12.0 Å². The molecule has 32 heavy (non-hydrogen) atoms. The van der Waals surface area contributed by atoms with E-state index in [4.69, 9.17) is 0 Å². The van der Waals surface area contributed by atoms with Gasteiger partial charge < -0.3 is 0 Å². The van der Waals surface area contributed by atoms with Crippen LogP contribution >= 0.6 is 0 Å². The normalized spacial score (nSPS) is 12.2. The Bertz CT molecular complexity index is 1210. The van der Waals surface area contributed by atoms with Crippen molar-refractivity contribution in [2.24, 2.45) is 0 Å². The summed E-state index contributed by atoms with van der Waals surface area (Å²) in [6.07, 6.45) is 6.93. The molecule has 0 saturated carbocycles. The van der Waals surface area contributed by atoms with Gasteiger partial charge in [-0.1, -0.05) is 50.6 Å². The van der Waals surface area contributed by atoms with Crippen LogP contribution in [-0.2, 0) is 0 Å². The molecule has 0 aliphatic rings. The summed E-state index contributed by atoms with van der Waals surface area (Å²) in [7, 11) is 0. The molecule has 2 aromatic carbocycles. The van der Waals surface area contributed by atoms with Crippen molar-refractivity contribution in [1.82, 2.24) is 24.7 Å². The van der Waals surface area contributed by atoms with Gasteiger partial charge in [-0.25, -0.2) is 9.67 Å². The monoisotopic (exact) mass is 425 g/mol. The fourth-order valence-corrected chi connectivity index (χ4v) is 3.72. The quantitative estimate of drug-likeness (QED) is 0.364. The van der Waals surface area contributed by atoms with Crippen molar-refractivity contribution in [3.8, 4) is 16.8 Å². The lowest BCUT2D eigenvalue weighted by Crippen LogP contribution is -2.10. The maximum absolute atomic E-state index is 13.3. The molecular weight excluding hydrogens is 398 g/mol. The fourth-order valence-electron chi connectivity index (χ4n) is 3.72. The lowest BCUT2D eigenvalue weighted by Gasteiger charge is -2.14. The Morgan fingerprint density at radius 2 is 1.75 bits per heavy atom. The molecule has 2 aromatic heterocycles. The summed E-state index contributed by atoms with van der Waals surface area (Å²) in [5.41, 5.74) is 5.52. The number of carbonyl (C=O) groups excluding carboxylic acids is 1. The summed E-state index contributed by atoms with van der Waals surface area (Å²) < 4.78 is 1.82. The molecule has 6 heteroatoms. The lowest BCUT2D eigenvalue weighted by atomic mass is 9.94. The first-order valence-corrected chi connectivity index (χ1v) is 10.8. The van der Waals surface area contributed by atoms with E-state index in [-0.39, 0.29) is 17.6 Å². The third-order valence-corrected chi connectivity index (χ3v) is 5.54. The number of nitrogens with zero attached hydrogens (tertiary/aromatic N) is 5. The zero-order valence-electron chi connectivity index (χ0n) is 18.9. The van der Waals surface area contributed by atoms with E-state index in [9.17, 15) is 4.79 Å². The van der Waals surface area contributed by atoms with E-state index in [2.05, 4.69) is 71.2 Å². The minimum absolute atomic E-state index is 0.0275. The Hall–Kier alpha value is -3.67. The van der Waals surface area contributed by atoms with Crippen LogP contribution in [0.25, 0.3) is 16.8 Å². The number of aryl methyl sites for hydroxylation is 1. The molecule has 0 fully saturated rings. The number of carbonyl (C=O) groups is 1. The molecule has 0 radical (unpaired) electrons. The van der Waals surface area contributed by atoms with Gasteiger partial charge in [0.05, 0.1) is 11.4 Å². The number of ketones is 1. The second-order valence-corrected chi connectivity index (χ2v) is 8.48. The maximum atomic E-state index is 13.3. The number of hydrogen-bond acceptors (Lipinski definition) is 5. The summed E-state index contributed by atoms with van der Waals surface area (Å²) in [6, 6.07) is 14.2. The molecule has 0 aliphatic carbocycles. The molecule has 0 amide bonds. The molecule has 162 valence electrons. The van der Waals surface area contributed by atoms with Crippen molar-refractivity contribution in [3.05, 3.63) is 90.0 Å². The summed E-state index contributed by atoms with van der Waals surface area (Å²) in [6.45, 7) is 8.23. The van der Waals surface area contributed by atoms with E-state index >= 15 is 0 Å². The van der Waals surface area contributed by atoms with Gasteiger partial charge in [0.25, 0.3) is 0 Å². The van der Waals surface area contributed by atoms with Crippen LogP contribution in [0.4, 0.5) is 0 Å². The first-order valence-electron chi connectivity index (χ1n) is 10.8. The number of benzene rings is 2. The van der Waals surface area contributed by atoms with Gasteiger partial charge in [-0.2, -0.15) is 5.10 Å². The second-order valence-electron chi connectivity index (χ2n) is 8.48. The molecule has 2 heterocycles. The van der Waals surface area contributed by atoms with Crippen LogP contribution < -0.4 is 0 Å². The predicted octanol–water partition coefficient (Wildman–Crippen LogP) is 5.53. The summed E-state index contributed by atoms with van der Waals surface area (Å²) in [4.78, 5) is 26.2. The van der Waals surface area contributed by atoms with Gasteiger partial charge in [0.15, 0.2) is 5.78 Å². The zero-order chi connectivity index (χ0) is 22.7. The molecule has 1 unspecified atom stereocenters. The van der Waals surface area contributed by atoms with E-state index < -0.39 is 0 Å². The van der Waals surface area contributed by atoms with Crippen molar-refractivity contribution in [1.29, 1.82) is 0 Å². The van der Waals surface area contributed by atoms with Crippen LogP contribution in [0.3, 0.4) is 0 Å². The smallest absolute Gasteiger partial charge is 0.163 e. The SMILES string of the molecule is Cc1ccc(-c2cc(C(=O)CC(C)c3cnccn3)cc(-n3ncnc3C(C)C)c2)cc1. The third kappa shape index (κ3) is 4.64. The van der Waals surface area contributed by atoms with Gasteiger partial charge in [0, 0.05) is 42.4 Å². The number of aromatic nitrogens is 5. The minimum Gasteiger partial charge on any atom is -0.294 e. The molecule has 6 nitrogen and oxygen atoms in total. The molecule has 4 rings (SSSR count). The molecule has 0 aliphatic heterocycles. The fraction of sp³-hybridized carbons (Fsp3) is 0.269. The van der Waals surface area contributed by atoms with Crippen molar-refractivity contribution in [2.75, 3.05) is 0 Å². The number of rotatable bonds is 7. The Balaban J connectivity index is 1.75. The molecule has 0 saturated heterocycles. The second kappa shape index (κ2) is 9.22. The highest BCUT2D eigenvalue weighted by molar-refractivity contribution is 5.98. The topological polar surface area (TPSA) is 73.6 Å². The number of hydrogen-bond donors (Lipinski definition) is 0. The van der Waals surface area contributed by atoms with Crippen LogP contribution in [0.5, 0.6) is 0 Å². The van der Waals surface area contributed by atoms with Crippen molar-refractivity contribution in [2.45, 2.75) is 46.0 Å². The average molecular weight is 426 g/mol. The predicted molar refractivity (Wildman–Crippen MR) is 125 cm³/mol. The van der Waals surface area contributed by atoms with E-state index in [1.807, 2.05) is 23.7 Å². The van der Waals surface area contributed by atoms with Crippen LogP contribution in [0.15, 0.2) is 67.4 Å². The molecule has 0 bridgehead atoms. The summed E-state index contributed by atoms with van der Waals surface area (Å²) >= 11 is 0. The maximum Gasteiger partial charge on any atom is 0.163 e. The number of Topliss-reactive ketones (excluding diaryl/α,β-unsaturated/α-hetero) is 1. The van der Waals surface area contributed by atoms with E-state index in [0.717, 1.165) is 28.3 Å². The van der Waals surface area contributed by atoms with Gasteiger partial charge in [0.1, 0.15) is 12.2 Å². The van der Waals surface area contributed by atoms with Gasteiger partial charge in [-0.3, -0.25) is 14.8 Å². The molecule has 0 spiro atoms. The molecule has 4 aromatic rings. The van der Waals surface area contributed by atoms with Crippen LogP contribution in [0, 0.1) is 6.92 Å². The molecular formula is C26H27N5O.